The van der Waals surface area contributed by atoms with Crippen molar-refractivity contribution in [2.45, 2.75) is 0 Å². The van der Waals surface area contributed by atoms with Crippen molar-refractivity contribution in [2.24, 2.45) is 0 Å². The summed E-state index contributed by atoms with van der Waals surface area (Å²) in [6.45, 7) is 0. The van der Waals surface area contributed by atoms with E-state index in [0.717, 1.165) is 22.5 Å². The van der Waals surface area contributed by atoms with Crippen LogP contribution in [0.2, 0.25) is 0 Å². The Bertz CT molecular complexity index is 1070. The fourth-order valence-corrected chi connectivity index (χ4v) is 2.77. The van der Waals surface area contributed by atoms with Gasteiger partial charge in [-0.1, -0.05) is 12.1 Å². The predicted octanol–water partition coefficient (Wildman–Crippen LogP) is 3.06. The molecule has 0 aliphatic heterocycles. The highest BCUT2D eigenvalue weighted by molar-refractivity contribution is 5.70. The van der Waals surface area contributed by atoms with Gasteiger partial charge in [0.05, 0.1) is 32.2 Å². The summed E-state index contributed by atoms with van der Waals surface area (Å²) in [6, 6.07) is 13.2. The quantitative estimate of drug-likeness (QED) is 0.571. The highest BCUT2D eigenvalue weighted by Gasteiger charge is 2.11. The van der Waals surface area contributed by atoms with Crippen LogP contribution in [0.3, 0.4) is 0 Å². The van der Waals surface area contributed by atoms with E-state index < -0.39 is 0 Å². The van der Waals surface area contributed by atoms with E-state index >= 15 is 0 Å². The van der Waals surface area contributed by atoms with Gasteiger partial charge in [0, 0.05) is 23.0 Å². The third-order valence-electron chi connectivity index (χ3n) is 4.05. The SMILES string of the molecule is COc1cc(OC)nc(-c2ccn3c(-c4cccc(N)c4)cnc3c2)n1. The van der Waals surface area contributed by atoms with Gasteiger partial charge in [0.2, 0.25) is 11.8 Å². The Labute approximate surface area is 150 Å². The van der Waals surface area contributed by atoms with E-state index in [9.17, 15) is 0 Å². The Morgan fingerprint density at radius 3 is 2.38 bits per heavy atom. The number of pyridine rings is 1. The molecule has 2 N–H and O–H groups in total. The van der Waals surface area contributed by atoms with Crippen LogP contribution in [-0.4, -0.2) is 33.6 Å². The monoisotopic (exact) mass is 347 g/mol. The molecule has 0 saturated heterocycles. The van der Waals surface area contributed by atoms with Gasteiger partial charge in [-0.25, -0.2) is 4.98 Å². The van der Waals surface area contributed by atoms with Crippen LogP contribution in [-0.2, 0) is 0 Å². The molecule has 7 heteroatoms. The molecule has 0 amide bonds. The van der Waals surface area contributed by atoms with Crippen molar-refractivity contribution in [3.8, 4) is 34.4 Å². The van der Waals surface area contributed by atoms with E-state index in [1.165, 1.54) is 0 Å². The van der Waals surface area contributed by atoms with Crippen LogP contribution in [0, 0.1) is 0 Å². The van der Waals surface area contributed by atoms with E-state index in [1.807, 2.05) is 53.2 Å². The number of hydrogen-bond acceptors (Lipinski definition) is 6. The molecule has 0 aliphatic rings. The second kappa shape index (κ2) is 6.36. The number of rotatable bonds is 4. The third-order valence-corrected chi connectivity index (χ3v) is 4.05. The summed E-state index contributed by atoms with van der Waals surface area (Å²) in [5.41, 5.74) is 10.2. The molecule has 0 saturated carbocycles. The summed E-state index contributed by atoms with van der Waals surface area (Å²) in [7, 11) is 3.11. The number of aromatic nitrogens is 4. The zero-order chi connectivity index (χ0) is 18.1. The minimum absolute atomic E-state index is 0.440. The van der Waals surface area contributed by atoms with E-state index in [0.29, 0.717) is 23.3 Å². The summed E-state index contributed by atoms with van der Waals surface area (Å²) < 4.78 is 12.4. The first-order valence-electron chi connectivity index (χ1n) is 7.98. The van der Waals surface area contributed by atoms with Crippen molar-refractivity contribution in [3.63, 3.8) is 0 Å². The topological polar surface area (TPSA) is 87.6 Å². The highest BCUT2D eigenvalue weighted by atomic mass is 16.5. The van der Waals surface area contributed by atoms with Crippen LogP contribution >= 0.6 is 0 Å². The van der Waals surface area contributed by atoms with Crippen molar-refractivity contribution in [3.05, 3.63) is 54.9 Å². The zero-order valence-corrected chi connectivity index (χ0v) is 14.4. The van der Waals surface area contributed by atoms with Gasteiger partial charge in [-0.15, -0.1) is 0 Å². The van der Waals surface area contributed by atoms with Crippen molar-refractivity contribution >= 4 is 11.3 Å². The van der Waals surface area contributed by atoms with Crippen molar-refractivity contribution in [2.75, 3.05) is 20.0 Å². The van der Waals surface area contributed by atoms with Crippen LogP contribution in [0.1, 0.15) is 0 Å². The van der Waals surface area contributed by atoms with Crippen LogP contribution in [0.25, 0.3) is 28.3 Å². The lowest BCUT2D eigenvalue weighted by Crippen LogP contribution is -1.98. The van der Waals surface area contributed by atoms with Crippen molar-refractivity contribution in [1.82, 2.24) is 19.4 Å². The minimum Gasteiger partial charge on any atom is -0.481 e. The molecular weight excluding hydrogens is 330 g/mol. The van der Waals surface area contributed by atoms with Crippen LogP contribution in [0.4, 0.5) is 5.69 Å². The Morgan fingerprint density at radius 1 is 0.923 bits per heavy atom. The standard InChI is InChI=1S/C19H17N5O2/c1-25-17-10-18(26-2)23-19(22-17)13-6-7-24-15(11-21-16(24)9-13)12-4-3-5-14(20)8-12/h3-11H,20H2,1-2H3. The molecule has 1 aromatic carbocycles. The molecule has 4 aromatic rings. The molecule has 0 unspecified atom stereocenters. The summed E-state index contributed by atoms with van der Waals surface area (Å²) in [4.78, 5) is 13.3. The van der Waals surface area contributed by atoms with Crippen molar-refractivity contribution < 1.29 is 9.47 Å². The molecule has 4 rings (SSSR count). The van der Waals surface area contributed by atoms with Crippen molar-refractivity contribution in [1.29, 1.82) is 0 Å². The zero-order valence-electron chi connectivity index (χ0n) is 14.4. The molecule has 130 valence electrons. The smallest absolute Gasteiger partial charge is 0.220 e. The number of benzene rings is 1. The number of methoxy groups -OCH3 is 2. The Kier molecular flexibility index (Phi) is 3.89. The number of hydrogen-bond donors (Lipinski definition) is 1. The lowest BCUT2D eigenvalue weighted by Gasteiger charge is -2.07. The molecule has 3 heterocycles. The van der Waals surface area contributed by atoms with E-state index in [4.69, 9.17) is 15.2 Å². The molecule has 0 radical (unpaired) electrons. The molecule has 0 aliphatic carbocycles. The third kappa shape index (κ3) is 2.79. The summed E-state index contributed by atoms with van der Waals surface area (Å²) in [6.07, 6.45) is 3.76. The number of ether oxygens (including phenoxy) is 2. The molecular formula is C19H17N5O2. The fraction of sp³-hybridized carbons (Fsp3) is 0.105. The highest BCUT2D eigenvalue weighted by Crippen LogP contribution is 2.26. The normalized spacial score (nSPS) is 10.8. The first-order valence-corrected chi connectivity index (χ1v) is 7.98. The molecule has 3 aromatic heterocycles. The van der Waals surface area contributed by atoms with Gasteiger partial charge >= 0.3 is 0 Å². The molecule has 26 heavy (non-hydrogen) atoms. The maximum Gasteiger partial charge on any atom is 0.220 e. The second-order valence-corrected chi connectivity index (χ2v) is 5.69. The van der Waals surface area contributed by atoms with Gasteiger partial charge in [0.15, 0.2) is 5.82 Å². The van der Waals surface area contributed by atoms with Crippen LogP contribution in [0.5, 0.6) is 11.8 Å². The number of fused-ring (bicyclic) bond motifs is 1. The van der Waals surface area contributed by atoms with E-state index in [-0.39, 0.29) is 0 Å². The van der Waals surface area contributed by atoms with Crippen LogP contribution < -0.4 is 15.2 Å². The first kappa shape index (κ1) is 15.9. The molecule has 0 bridgehead atoms. The van der Waals surface area contributed by atoms with Gasteiger partial charge in [-0.3, -0.25) is 4.40 Å². The molecule has 0 spiro atoms. The second-order valence-electron chi connectivity index (χ2n) is 5.69. The number of nitrogen functional groups attached to an aromatic ring is 1. The molecule has 7 nitrogen and oxygen atoms in total. The number of anilines is 1. The van der Waals surface area contributed by atoms with Gasteiger partial charge in [-0.2, -0.15) is 9.97 Å². The van der Waals surface area contributed by atoms with Gasteiger partial charge < -0.3 is 15.2 Å². The number of nitrogens with zero attached hydrogens (tertiary/aromatic N) is 4. The number of nitrogens with two attached hydrogens (primary N) is 1. The average Bonchev–Trinajstić information content (AvgIpc) is 3.10. The van der Waals surface area contributed by atoms with Crippen LogP contribution in [0.15, 0.2) is 54.9 Å². The molecule has 0 atom stereocenters. The first-order chi connectivity index (χ1) is 12.7. The maximum atomic E-state index is 5.89. The summed E-state index contributed by atoms with van der Waals surface area (Å²) in [5.74, 6) is 1.39. The number of imidazole rings is 1. The lowest BCUT2D eigenvalue weighted by atomic mass is 10.1. The van der Waals surface area contributed by atoms with Gasteiger partial charge in [-0.05, 0) is 24.3 Å². The van der Waals surface area contributed by atoms with E-state index in [1.54, 1.807) is 20.3 Å². The largest absolute Gasteiger partial charge is 0.481 e. The van der Waals surface area contributed by atoms with Gasteiger partial charge in [0.1, 0.15) is 5.65 Å². The van der Waals surface area contributed by atoms with Gasteiger partial charge in [0.25, 0.3) is 0 Å². The average molecular weight is 347 g/mol. The summed E-state index contributed by atoms with van der Waals surface area (Å²) >= 11 is 0. The fourth-order valence-electron chi connectivity index (χ4n) is 2.77. The minimum atomic E-state index is 0.440. The Balaban J connectivity index is 1.80. The lowest BCUT2D eigenvalue weighted by molar-refractivity contribution is 0.372. The van der Waals surface area contributed by atoms with E-state index in [2.05, 4.69) is 15.0 Å². The predicted molar refractivity (Wildman–Crippen MR) is 99.2 cm³/mol. The maximum absolute atomic E-state index is 5.89. The Hall–Kier alpha value is -3.61. The Morgan fingerprint density at radius 2 is 1.69 bits per heavy atom. The molecule has 0 fully saturated rings. The summed E-state index contributed by atoms with van der Waals surface area (Å²) in [5, 5.41) is 0.